The van der Waals surface area contributed by atoms with Crippen molar-refractivity contribution >= 4 is 41.6 Å². The zero-order valence-electron chi connectivity index (χ0n) is 16.6. The van der Waals surface area contributed by atoms with E-state index in [9.17, 15) is 18.8 Å². The number of rotatable bonds is 5. The normalized spacial score (nSPS) is 9.37. The highest BCUT2D eigenvalue weighted by atomic mass is 35.5. The number of hydrogen-bond donors (Lipinski definition) is 4. The van der Waals surface area contributed by atoms with Crippen molar-refractivity contribution in [2.24, 2.45) is 7.05 Å². The van der Waals surface area contributed by atoms with Gasteiger partial charge in [-0.2, -0.15) is 0 Å². The van der Waals surface area contributed by atoms with Gasteiger partial charge in [0.15, 0.2) is 6.29 Å². The van der Waals surface area contributed by atoms with E-state index in [1.807, 2.05) is 20.2 Å². The average molecular weight is 437 g/mol. The van der Waals surface area contributed by atoms with Crippen LogP contribution in [0.1, 0.15) is 26.5 Å². The first-order chi connectivity index (χ1) is 14.2. The van der Waals surface area contributed by atoms with Crippen LogP contribution in [0.25, 0.3) is 0 Å². The first-order valence-electron chi connectivity index (χ1n) is 8.54. The molecule has 0 saturated carbocycles. The molecule has 1 amide bonds. The van der Waals surface area contributed by atoms with Gasteiger partial charge in [-0.15, -0.1) is 0 Å². The summed E-state index contributed by atoms with van der Waals surface area (Å²) in [6, 6.07) is 7.35. The number of H-pyrrole nitrogens is 1. The summed E-state index contributed by atoms with van der Waals surface area (Å²) in [7, 11) is 3.50. The minimum atomic E-state index is -1.02. The Kier molecular flexibility index (Phi) is 9.84. The Bertz CT molecular complexity index is 1000. The topological polar surface area (TPSA) is 116 Å². The van der Waals surface area contributed by atoms with Gasteiger partial charge in [-0.3, -0.25) is 9.59 Å². The summed E-state index contributed by atoms with van der Waals surface area (Å²) in [5.74, 6) is -1.60. The van der Waals surface area contributed by atoms with Gasteiger partial charge in [-0.1, -0.05) is 11.6 Å². The molecule has 0 aliphatic carbocycles. The number of aromatic amines is 1. The molecule has 0 atom stereocenters. The number of nitrogens with zero attached hydrogens (tertiary/aromatic N) is 1. The number of benzene rings is 1. The lowest BCUT2D eigenvalue weighted by Crippen LogP contribution is -2.02. The molecule has 0 spiro atoms. The third-order valence-corrected chi connectivity index (χ3v) is 3.89. The van der Waals surface area contributed by atoms with Gasteiger partial charge in [-0.05, 0) is 37.3 Å². The molecule has 3 rings (SSSR count). The smallest absolute Gasteiger partial charge is 0.352 e. The van der Waals surface area contributed by atoms with Crippen LogP contribution < -0.4 is 10.6 Å². The molecule has 10 heteroatoms. The van der Waals surface area contributed by atoms with Crippen molar-refractivity contribution in [1.29, 1.82) is 0 Å². The van der Waals surface area contributed by atoms with E-state index in [1.165, 1.54) is 34.7 Å². The number of nitrogens with one attached hydrogen (secondary N) is 3. The van der Waals surface area contributed by atoms with Crippen molar-refractivity contribution in [3.63, 3.8) is 0 Å². The highest BCUT2D eigenvalue weighted by Gasteiger charge is 2.08. The Morgan fingerprint density at radius 3 is 2.33 bits per heavy atom. The maximum absolute atomic E-state index is 12.5. The van der Waals surface area contributed by atoms with E-state index in [0.29, 0.717) is 23.4 Å². The molecular weight excluding hydrogens is 415 g/mol. The second kappa shape index (κ2) is 12.1. The van der Waals surface area contributed by atoms with Crippen LogP contribution in [0.2, 0.25) is 5.02 Å². The maximum atomic E-state index is 12.5. The van der Waals surface area contributed by atoms with Crippen LogP contribution in [-0.4, -0.2) is 40.4 Å². The second-order valence-corrected chi connectivity index (χ2v) is 6.33. The van der Waals surface area contributed by atoms with Crippen LogP contribution in [0.15, 0.2) is 42.7 Å². The number of amides is 1. The summed E-state index contributed by atoms with van der Waals surface area (Å²) >= 11 is 5.42. The van der Waals surface area contributed by atoms with Crippen molar-refractivity contribution < 1.29 is 23.9 Å². The first kappa shape index (κ1) is 24.4. The van der Waals surface area contributed by atoms with Gasteiger partial charge in [0.25, 0.3) is 0 Å². The summed E-state index contributed by atoms with van der Waals surface area (Å²) < 4.78 is 14.0. The Balaban J connectivity index is 0.000000230. The molecule has 0 fully saturated rings. The van der Waals surface area contributed by atoms with E-state index in [-0.39, 0.29) is 11.3 Å². The number of carboxylic acids is 1. The van der Waals surface area contributed by atoms with E-state index in [4.69, 9.17) is 16.7 Å². The molecule has 30 heavy (non-hydrogen) atoms. The van der Waals surface area contributed by atoms with Crippen LogP contribution in [0.4, 0.5) is 15.8 Å². The third kappa shape index (κ3) is 7.80. The van der Waals surface area contributed by atoms with Crippen molar-refractivity contribution in [2.45, 2.75) is 6.92 Å². The van der Waals surface area contributed by atoms with Crippen molar-refractivity contribution in [3.8, 4) is 0 Å². The Morgan fingerprint density at radius 1 is 1.23 bits per heavy atom. The van der Waals surface area contributed by atoms with Crippen LogP contribution in [0.5, 0.6) is 0 Å². The molecule has 2 aromatic heterocycles. The lowest BCUT2D eigenvalue weighted by atomic mass is 10.2. The maximum Gasteiger partial charge on any atom is 0.352 e. The minimum Gasteiger partial charge on any atom is -0.477 e. The molecule has 160 valence electrons. The molecule has 0 unspecified atom stereocenters. The number of halogens is 2. The molecule has 0 aliphatic rings. The number of carbonyl (C=O) groups excluding carboxylic acids is 2. The van der Waals surface area contributed by atoms with E-state index < -0.39 is 11.8 Å². The van der Waals surface area contributed by atoms with E-state index >= 15 is 0 Å². The van der Waals surface area contributed by atoms with Crippen molar-refractivity contribution in [1.82, 2.24) is 9.55 Å². The van der Waals surface area contributed by atoms with Gasteiger partial charge in [-0.25, -0.2) is 9.18 Å². The van der Waals surface area contributed by atoms with Gasteiger partial charge in [0.1, 0.15) is 11.5 Å². The highest BCUT2D eigenvalue weighted by molar-refractivity contribution is 6.30. The Hall–Kier alpha value is -3.59. The highest BCUT2D eigenvalue weighted by Crippen LogP contribution is 2.12. The Labute approximate surface area is 177 Å². The summed E-state index contributed by atoms with van der Waals surface area (Å²) in [5.41, 5.74) is 2.98. The number of aldehydes is 1. The number of aryl methyl sites for hydroxylation is 2. The monoisotopic (exact) mass is 436 g/mol. The molecule has 8 nitrogen and oxygen atoms in total. The Morgan fingerprint density at radius 2 is 1.93 bits per heavy atom. The number of anilines is 2. The largest absolute Gasteiger partial charge is 0.477 e. The summed E-state index contributed by atoms with van der Waals surface area (Å²) in [6.45, 7) is 2.03. The van der Waals surface area contributed by atoms with Gasteiger partial charge in [0.2, 0.25) is 6.41 Å². The molecule has 3 aromatic rings. The zero-order chi connectivity index (χ0) is 22.7. The SMILES string of the molecule is CNc1c[nH]c(C)c1.Cn1cc(NC=O)cc1C(=O)O.O=Cc1ccc(Cl)cc1F. The van der Waals surface area contributed by atoms with Crippen molar-refractivity contribution in [2.75, 3.05) is 17.7 Å². The van der Waals surface area contributed by atoms with Gasteiger partial charge < -0.3 is 25.3 Å². The summed E-state index contributed by atoms with van der Waals surface area (Å²) in [4.78, 5) is 33.6. The number of carbonyl (C=O) groups is 3. The van der Waals surface area contributed by atoms with Crippen LogP contribution in [0, 0.1) is 12.7 Å². The standard InChI is InChI=1S/C7H4ClFO.C7H8N2O3.C6H10N2/c8-6-2-1-5(4-10)7(9)3-6;1-9-3-5(8-4-10)2-6(9)7(11)12;1-5-3-6(7-2)4-8-5/h1-4H;2-4H,1H3,(H,8,10)(H,11,12);3-4,7-8H,1-2H3. The summed E-state index contributed by atoms with van der Waals surface area (Å²) in [5, 5.41) is 14.3. The number of aromatic nitrogens is 2. The molecule has 0 saturated heterocycles. The van der Waals surface area contributed by atoms with Gasteiger partial charge in [0, 0.05) is 37.2 Å². The third-order valence-electron chi connectivity index (χ3n) is 3.66. The second-order valence-electron chi connectivity index (χ2n) is 5.90. The fourth-order valence-corrected chi connectivity index (χ4v) is 2.33. The fourth-order valence-electron chi connectivity index (χ4n) is 2.17. The molecule has 2 heterocycles. The lowest BCUT2D eigenvalue weighted by Gasteiger charge is -1.92. The zero-order valence-corrected chi connectivity index (χ0v) is 17.3. The quantitative estimate of drug-likeness (QED) is 0.452. The van der Waals surface area contributed by atoms with Gasteiger partial charge >= 0.3 is 5.97 Å². The molecule has 4 N–H and O–H groups in total. The average Bonchev–Trinajstić information content (AvgIpc) is 3.28. The molecule has 0 radical (unpaired) electrons. The number of carboxylic acid groups (broad SMARTS) is 1. The molecular formula is C20H22ClFN4O4. The first-order valence-corrected chi connectivity index (χ1v) is 8.92. The van der Waals surface area contributed by atoms with E-state index in [2.05, 4.69) is 21.7 Å². The summed E-state index contributed by atoms with van der Waals surface area (Å²) in [6.07, 6.45) is 4.42. The molecule has 1 aromatic carbocycles. The molecule has 0 aliphatic heterocycles. The van der Waals surface area contributed by atoms with E-state index in [1.54, 1.807) is 7.05 Å². The predicted molar refractivity (Wildman–Crippen MR) is 114 cm³/mol. The number of hydrogen-bond acceptors (Lipinski definition) is 4. The van der Waals surface area contributed by atoms with Crippen LogP contribution in [-0.2, 0) is 11.8 Å². The minimum absolute atomic E-state index is 0.0319. The fraction of sp³-hybridized carbons (Fsp3) is 0.150. The van der Waals surface area contributed by atoms with Gasteiger partial charge in [0.05, 0.1) is 16.9 Å². The number of aromatic carboxylic acids is 1. The predicted octanol–water partition coefficient (Wildman–Crippen LogP) is 3.95. The lowest BCUT2D eigenvalue weighted by molar-refractivity contribution is -0.105. The van der Waals surface area contributed by atoms with E-state index in [0.717, 1.165) is 11.8 Å². The molecule has 0 bridgehead atoms. The van der Waals surface area contributed by atoms with Crippen LogP contribution >= 0.6 is 11.6 Å². The van der Waals surface area contributed by atoms with Crippen LogP contribution in [0.3, 0.4) is 0 Å². The van der Waals surface area contributed by atoms with Crippen molar-refractivity contribution in [3.05, 3.63) is 70.5 Å².